The Morgan fingerprint density at radius 2 is 2.17 bits per heavy atom. The summed E-state index contributed by atoms with van der Waals surface area (Å²) in [6.07, 6.45) is 0.795. The number of aryl methyl sites for hydroxylation is 1. The smallest absolute Gasteiger partial charge is 0.336 e. The predicted molar refractivity (Wildman–Crippen MR) is 70.8 cm³/mol. The first-order chi connectivity index (χ1) is 8.74. The molecule has 0 fully saturated rings. The van der Waals surface area contributed by atoms with Gasteiger partial charge in [0.25, 0.3) is 0 Å². The molecule has 2 rings (SSSR count). The molecule has 0 bridgehead atoms. The molecule has 0 saturated heterocycles. The Morgan fingerprint density at radius 1 is 1.33 bits per heavy atom. The van der Waals surface area contributed by atoms with Crippen LogP contribution in [0.1, 0.15) is 19.4 Å². The van der Waals surface area contributed by atoms with E-state index in [-0.39, 0.29) is 5.63 Å². The van der Waals surface area contributed by atoms with E-state index in [0.29, 0.717) is 17.9 Å². The van der Waals surface area contributed by atoms with E-state index in [4.69, 9.17) is 9.15 Å². The molecule has 3 heteroatoms. The molecule has 3 nitrogen and oxygen atoms in total. The van der Waals surface area contributed by atoms with Crippen molar-refractivity contribution in [2.45, 2.75) is 20.3 Å². The summed E-state index contributed by atoms with van der Waals surface area (Å²) >= 11 is 0. The van der Waals surface area contributed by atoms with Crippen LogP contribution in [0.25, 0.3) is 11.0 Å². The standard InChI is InChI=1S/C15H14O3/c1-3-5-8-17-12-6-7-13-11(4-2)9-15(16)18-14(13)10-12/h6-7,9-10H,4,8H2,1-2H3. The van der Waals surface area contributed by atoms with Gasteiger partial charge in [0, 0.05) is 17.5 Å². The summed E-state index contributed by atoms with van der Waals surface area (Å²) in [6.45, 7) is 4.10. The van der Waals surface area contributed by atoms with Gasteiger partial charge in [-0.2, -0.15) is 0 Å². The van der Waals surface area contributed by atoms with Crippen molar-refractivity contribution in [2.24, 2.45) is 0 Å². The first kappa shape index (κ1) is 12.3. The number of ether oxygens (including phenoxy) is 1. The van der Waals surface area contributed by atoms with Crippen molar-refractivity contribution >= 4 is 11.0 Å². The Bertz CT molecular complexity index is 671. The van der Waals surface area contributed by atoms with E-state index in [9.17, 15) is 4.79 Å². The summed E-state index contributed by atoms with van der Waals surface area (Å²) in [6, 6.07) is 7.03. The number of rotatable bonds is 3. The molecule has 0 radical (unpaired) electrons. The third kappa shape index (κ3) is 2.54. The molecule has 18 heavy (non-hydrogen) atoms. The van der Waals surface area contributed by atoms with Crippen molar-refractivity contribution in [1.29, 1.82) is 0 Å². The van der Waals surface area contributed by atoms with Crippen molar-refractivity contribution in [3.63, 3.8) is 0 Å². The van der Waals surface area contributed by atoms with E-state index in [0.717, 1.165) is 17.4 Å². The van der Waals surface area contributed by atoms with Crippen molar-refractivity contribution in [1.82, 2.24) is 0 Å². The van der Waals surface area contributed by atoms with Crippen LogP contribution in [0.2, 0.25) is 0 Å². The van der Waals surface area contributed by atoms with Crippen LogP contribution < -0.4 is 10.4 Å². The summed E-state index contributed by atoms with van der Waals surface area (Å²) in [4.78, 5) is 11.4. The first-order valence-electron chi connectivity index (χ1n) is 5.83. The zero-order chi connectivity index (χ0) is 13.0. The topological polar surface area (TPSA) is 39.4 Å². The molecule has 1 heterocycles. The van der Waals surface area contributed by atoms with Gasteiger partial charge in [-0.05, 0) is 31.0 Å². The number of hydrogen-bond acceptors (Lipinski definition) is 3. The normalized spacial score (nSPS) is 9.89. The molecular weight excluding hydrogens is 228 g/mol. The molecule has 0 atom stereocenters. The summed E-state index contributed by atoms with van der Waals surface area (Å²) in [7, 11) is 0. The largest absolute Gasteiger partial charge is 0.481 e. The molecule has 92 valence electrons. The van der Waals surface area contributed by atoms with E-state index in [1.54, 1.807) is 13.0 Å². The van der Waals surface area contributed by atoms with Gasteiger partial charge < -0.3 is 9.15 Å². The number of hydrogen-bond donors (Lipinski definition) is 0. The van der Waals surface area contributed by atoms with Crippen molar-refractivity contribution in [3.8, 4) is 17.6 Å². The molecule has 0 spiro atoms. The minimum Gasteiger partial charge on any atom is -0.481 e. The molecule has 2 aromatic rings. The Labute approximate surface area is 105 Å². The van der Waals surface area contributed by atoms with E-state index >= 15 is 0 Å². The Morgan fingerprint density at radius 3 is 2.89 bits per heavy atom. The Hall–Kier alpha value is -2.21. The minimum absolute atomic E-state index is 0.329. The lowest BCUT2D eigenvalue weighted by Gasteiger charge is -2.05. The van der Waals surface area contributed by atoms with Gasteiger partial charge in [0.05, 0.1) is 0 Å². The predicted octanol–water partition coefficient (Wildman–Crippen LogP) is 2.76. The number of fused-ring (bicyclic) bond motifs is 1. The maximum absolute atomic E-state index is 11.4. The minimum atomic E-state index is -0.329. The lowest BCUT2D eigenvalue weighted by molar-refractivity contribution is 0.370. The summed E-state index contributed by atoms with van der Waals surface area (Å²) in [5.41, 5.74) is 1.22. The van der Waals surface area contributed by atoms with Gasteiger partial charge in [-0.3, -0.25) is 0 Å². The SMILES string of the molecule is CC#CCOc1ccc2c(CC)cc(=O)oc2c1. The third-order valence-corrected chi connectivity index (χ3v) is 2.67. The molecule has 0 aliphatic carbocycles. The second kappa shape index (κ2) is 5.42. The maximum atomic E-state index is 11.4. The maximum Gasteiger partial charge on any atom is 0.336 e. The van der Waals surface area contributed by atoms with Crippen molar-refractivity contribution in [2.75, 3.05) is 6.61 Å². The molecule has 0 unspecified atom stereocenters. The fraction of sp³-hybridized carbons (Fsp3) is 0.267. The van der Waals surface area contributed by atoms with Gasteiger partial charge >= 0.3 is 5.63 Å². The molecule has 0 saturated carbocycles. The van der Waals surface area contributed by atoms with Crippen LogP contribution in [-0.2, 0) is 6.42 Å². The molecular formula is C15H14O3. The van der Waals surface area contributed by atoms with E-state index < -0.39 is 0 Å². The average Bonchev–Trinajstić information content (AvgIpc) is 2.37. The second-order valence-corrected chi connectivity index (χ2v) is 3.82. The van der Waals surface area contributed by atoms with Gasteiger partial charge in [-0.15, -0.1) is 5.92 Å². The van der Waals surface area contributed by atoms with Gasteiger partial charge in [0.2, 0.25) is 0 Å². The molecule has 1 aromatic heterocycles. The molecule has 1 aromatic carbocycles. The monoisotopic (exact) mass is 242 g/mol. The Balaban J connectivity index is 2.43. The van der Waals surface area contributed by atoms with E-state index in [1.807, 2.05) is 19.1 Å². The first-order valence-corrected chi connectivity index (χ1v) is 5.83. The van der Waals surface area contributed by atoms with Crippen LogP contribution in [0.15, 0.2) is 33.5 Å². The van der Waals surface area contributed by atoms with Gasteiger partial charge in [-0.25, -0.2) is 4.79 Å². The highest BCUT2D eigenvalue weighted by molar-refractivity contribution is 5.81. The Kier molecular flexibility index (Phi) is 3.69. The van der Waals surface area contributed by atoms with Crippen LogP contribution in [0.4, 0.5) is 0 Å². The molecule has 0 N–H and O–H groups in total. The third-order valence-electron chi connectivity index (χ3n) is 2.67. The summed E-state index contributed by atoms with van der Waals surface area (Å²) in [5, 5.41) is 0.950. The van der Waals surface area contributed by atoms with Crippen LogP contribution >= 0.6 is 0 Å². The van der Waals surface area contributed by atoms with Crippen molar-refractivity contribution in [3.05, 3.63) is 40.2 Å². The molecule has 0 amide bonds. The van der Waals surface area contributed by atoms with Crippen LogP contribution in [-0.4, -0.2) is 6.61 Å². The van der Waals surface area contributed by atoms with Crippen LogP contribution in [0, 0.1) is 11.8 Å². The highest BCUT2D eigenvalue weighted by Crippen LogP contribution is 2.22. The molecule has 0 aliphatic rings. The average molecular weight is 242 g/mol. The zero-order valence-corrected chi connectivity index (χ0v) is 10.4. The van der Waals surface area contributed by atoms with Crippen molar-refractivity contribution < 1.29 is 9.15 Å². The van der Waals surface area contributed by atoms with Crippen LogP contribution in [0.5, 0.6) is 5.75 Å². The van der Waals surface area contributed by atoms with Gasteiger partial charge in [0.15, 0.2) is 0 Å². The summed E-state index contributed by atoms with van der Waals surface area (Å²) < 4.78 is 10.6. The van der Waals surface area contributed by atoms with Gasteiger partial charge in [0.1, 0.15) is 17.9 Å². The lowest BCUT2D eigenvalue weighted by Crippen LogP contribution is -2.00. The second-order valence-electron chi connectivity index (χ2n) is 3.82. The van der Waals surface area contributed by atoms with E-state index in [1.165, 1.54) is 6.07 Å². The number of benzene rings is 1. The molecule has 0 aliphatic heterocycles. The van der Waals surface area contributed by atoms with Gasteiger partial charge in [-0.1, -0.05) is 12.8 Å². The van der Waals surface area contributed by atoms with Crippen LogP contribution in [0.3, 0.4) is 0 Å². The highest BCUT2D eigenvalue weighted by Gasteiger charge is 2.05. The highest BCUT2D eigenvalue weighted by atomic mass is 16.5. The lowest BCUT2D eigenvalue weighted by atomic mass is 10.1. The van der Waals surface area contributed by atoms with E-state index in [2.05, 4.69) is 11.8 Å². The fourth-order valence-corrected chi connectivity index (χ4v) is 1.78. The zero-order valence-electron chi connectivity index (χ0n) is 10.4. The fourth-order valence-electron chi connectivity index (χ4n) is 1.78. The quantitative estimate of drug-likeness (QED) is 0.613. The summed E-state index contributed by atoms with van der Waals surface area (Å²) in [5.74, 6) is 6.22.